The van der Waals surface area contributed by atoms with Crippen LogP contribution in [-0.2, 0) is 13.1 Å². The molecule has 2 aromatic rings. The van der Waals surface area contributed by atoms with E-state index in [2.05, 4.69) is 46.0 Å². The molecule has 1 aliphatic heterocycles. The Morgan fingerprint density at radius 3 is 2.56 bits per heavy atom. The van der Waals surface area contributed by atoms with Crippen LogP contribution in [0.3, 0.4) is 0 Å². The van der Waals surface area contributed by atoms with Crippen molar-refractivity contribution in [1.82, 2.24) is 40.5 Å². The molecule has 13 nitrogen and oxygen atoms in total. The first-order chi connectivity index (χ1) is 19.0. The third-order valence-corrected chi connectivity index (χ3v) is 7.97. The summed E-state index contributed by atoms with van der Waals surface area (Å²) in [5.41, 5.74) is 6.89. The Balaban J connectivity index is 1.11. The molecule has 0 atom stereocenters. The fourth-order valence-electron chi connectivity index (χ4n) is 5.14. The minimum atomic E-state index is -1.84. The minimum absolute atomic E-state index is 0.414. The van der Waals surface area contributed by atoms with E-state index in [-0.39, 0.29) is 0 Å². The monoisotopic (exact) mass is 563 g/mol. The van der Waals surface area contributed by atoms with Gasteiger partial charge >= 0.3 is 0 Å². The molecule has 2 fully saturated rings. The van der Waals surface area contributed by atoms with E-state index in [0.29, 0.717) is 31.0 Å². The largest absolute Gasteiger partial charge is 0.383 e. The van der Waals surface area contributed by atoms with Crippen LogP contribution >= 0.6 is 8.38 Å². The van der Waals surface area contributed by atoms with Crippen LogP contribution in [0.15, 0.2) is 12.3 Å². The van der Waals surface area contributed by atoms with Crippen LogP contribution in [-0.4, -0.2) is 104 Å². The number of anilines is 3. The van der Waals surface area contributed by atoms with E-state index in [1.807, 2.05) is 10.9 Å². The van der Waals surface area contributed by atoms with Gasteiger partial charge < -0.3 is 36.4 Å². The molecule has 2 aliphatic rings. The Morgan fingerprint density at radius 1 is 0.974 bits per heavy atom. The van der Waals surface area contributed by atoms with Gasteiger partial charge in [-0.15, -0.1) is 5.10 Å². The van der Waals surface area contributed by atoms with E-state index in [0.717, 1.165) is 82.8 Å². The van der Waals surface area contributed by atoms with Gasteiger partial charge in [-0.1, -0.05) is 24.5 Å². The van der Waals surface area contributed by atoms with E-state index in [4.69, 9.17) is 15.5 Å². The van der Waals surface area contributed by atoms with E-state index >= 15 is 0 Å². The molecular weight excluding hydrogens is 517 g/mol. The Labute approximate surface area is 232 Å². The standard InChI is InChI=1S/C25H46N11O2P/c26-23-18-24(35-14-12-34(13-15-35)16-17-39(37)38)31-25(30-23)29-19-22-20-36(33-32-22)11-5-9-27-8-4-10-28-21-6-2-1-3-7-21/h18,20-21,27-28,37-38H,1-17,19H2,(H3,26,29,30,31). The second-order valence-electron chi connectivity index (χ2n) is 10.5. The molecule has 0 amide bonds. The van der Waals surface area contributed by atoms with Crippen molar-refractivity contribution in [3.63, 3.8) is 0 Å². The maximum atomic E-state index is 9.15. The zero-order chi connectivity index (χ0) is 27.3. The van der Waals surface area contributed by atoms with Crippen molar-refractivity contribution in [3.8, 4) is 0 Å². The van der Waals surface area contributed by atoms with Crippen molar-refractivity contribution in [3.05, 3.63) is 18.0 Å². The summed E-state index contributed by atoms with van der Waals surface area (Å²) in [6.45, 7) is 8.37. The molecule has 1 saturated carbocycles. The predicted molar refractivity (Wildman–Crippen MR) is 156 cm³/mol. The molecule has 0 bridgehead atoms. The summed E-state index contributed by atoms with van der Waals surface area (Å²) in [5.74, 6) is 1.67. The van der Waals surface area contributed by atoms with Crippen LogP contribution < -0.4 is 26.6 Å². The van der Waals surface area contributed by atoms with Crippen molar-refractivity contribution in [2.75, 3.05) is 74.5 Å². The Morgan fingerprint density at radius 2 is 1.77 bits per heavy atom. The van der Waals surface area contributed by atoms with E-state index in [1.165, 1.54) is 32.1 Å². The Kier molecular flexibility index (Phi) is 12.4. The predicted octanol–water partition coefficient (Wildman–Crippen LogP) is 0.973. The number of piperazine rings is 1. The normalized spacial score (nSPS) is 17.3. The lowest BCUT2D eigenvalue weighted by Gasteiger charge is -2.35. The molecule has 3 heterocycles. The molecule has 0 spiro atoms. The average molecular weight is 564 g/mol. The highest BCUT2D eigenvalue weighted by atomic mass is 31.2. The van der Waals surface area contributed by atoms with Crippen molar-refractivity contribution in [2.24, 2.45) is 0 Å². The lowest BCUT2D eigenvalue weighted by molar-refractivity contribution is 0.269. The quantitative estimate of drug-likeness (QED) is 0.127. The molecule has 2 aromatic heterocycles. The summed E-state index contributed by atoms with van der Waals surface area (Å²) in [6, 6.07) is 2.53. The van der Waals surface area contributed by atoms with Gasteiger partial charge in [-0.2, -0.15) is 9.97 Å². The zero-order valence-corrected chi connectivity index (χ0v) is 23.9. The molecule has 1 aliphatic carbocycles. The summed E-state index contributed by atoms with van der Waals surface area (Å²) in [7, 11) is -1.84. The number of hydrogen-bond donors (Lipinski definition) is 6. The van der Waals surface area contributed by atoms with Gasteiger partial charge in [0.25, 0.3) is 0 Å². The first kappa shape index (κ1) is 29.8. The Bertz CT molecular complexity index is 965. The van der Waals surface area contributed by atoms with Crippen LogP contribution in [0.25, 0.3) is 0 Å². The first-order valence-corrected chi connectivity index (χ1v) is 15.8. The maximum absolute atomic E-state index is 9.15. The molecule has 39 heavy (non-hydrogen) atoms. The lowest BCUT2D eigenvalue weighted by atomic mass is 9.95. The highest BCUT2D eigenvalue weighted by Crippen LogP contribution is 2.23. The topological polar surface area (TPSA) is 166 Å². The molecular formula is C25H46N11O2P. The summed E-state index contributed by atoms with van der Waals surface area (Å²) in [4.78, 5) is 31.7. The van der Waals surface area contributed by atoms with Gasteiger partial charge in [0.15, 0.2) is 8.38 Å². The summed E-state index contributed by atoms with van der Waals surface area (Å²) in [6.07, 6.45) is 11.4. The third kappa shape index (κ3) is 10.7. The molecule has 1 saturated heterocycles. The zero-order valence-electron chi connectivity index (χ0n) is 23.0. The van der Waals surface area contributed by atoms with Crippen molar-refractivity contribution in [1.29, 1.82) is 0 Å². The van der Waals surface area contributed by atoms with Crippen molar-refractivity contribution in [2.45, 2.75) is 64.1 Å². The number of nitrogens with zero attached hydrogens (tertiary/aromatic N) is 7. The van der Waals surface area contributed by atoms with E-state index in [1.54, 1.807) is 6.07 Å². The molecule has 0 unspecified atom stereocenters. The molecule has 218 valence electrons. The van der Waals surface area contributed by atoms with Gasteiger partial charge in [0.2, 0.25) is 5.95 Å². The molecule has 4 rings (SSSR count). The van der Waals surface area contributed by atoms with Crippen molar-refractivity contribution >= 4 is 26.0 Å². The fourth-order valence-corrected chi connectivity index (χ4v) is 5.60. The van der Waals surface area contributed by atoms with Gasteiger partial charge in [-0.05, 0) is 45.3 Å². The van der Waals surface area contributed by atoms with Gasteiger partial charge in [0.1, 0.15) is 17.3 Å². The maximum Gasteiger partial charge on any atom is 0.226 e. The second kappa shape index (κ2) is 16.2. The minimum Gasteiger partial charge on any atom is -0.383 e. The number of hydrogen-bond acceptors (Lipinski definition) is 12. The van der Waals surface area contributed by atoms with Crippen LogP contribution in [0.2, 0.25) is 0 Å². The van der Waals surface area contributed by atoms with Gasteiger partial charge in [0.05, 0.1) is 12.7 Å². The highest BCUT2D eigenvalue weighted by Gasteiger charge is 2.20. The molecule has 0 aromatic carbocycles. The number of nitrogens with one attached hydrogen (secondary N) is 3. The highest BCUT2D eigenvalue weighted by molar-refractivity contribution is 7.45. The lowest BCUT2D eigenvalue weighted by Crippen LogP contribution is -2.47. The molecule has 7 N–H and O–H groups in total. The smallest absolute Gasteiger partial charge is 0.226 e. The third-order valence-electron chi connectivity index (χ3n) is 7.37. The summed E-state index contributed by atoms with van der Waals surface area (Å²) >= 11 is 0. The summed E-state index contributed by atoms with van der Waals surface area (Å²) < 4.78 is 1.88. The van der Waals surface area contributed by atoms with E-state index in [9.17, 15) is 0 Å². The van der Waals surface area contributed by atoms with E-state index < -0.39 is 8.38 Å². The Hall–Kier alpha value is -2.15. The molecule has 14 heteroatoms. The fraction of sp³-hybridized carbons (Fsp3) is 0.760. The molecule has 0 radical (unpaired) electrons. The van der Waals surface area contributed by atoms with Gasteiger partial charge in [0, 0.05) is 57.5 Å². The number of nitrogen functional groups attached to an aromatic ring is 1. The number of rotatable bonds is 16. The number of aryl methyl sites for hydroxylation is 1. The van der Waals surface area contributed by atoms with Crippen LogP contribution in [0.1, 0.15) is 50.6 Å². The summed E-state index contributed by atoms with van der Waals surface area (Å²) in [5, 5.41) is 19.0. The average Bonchev–Trinajstić information content (AvgIpc) is 3.40. The number of nitrogens with two attached hydrogens (primary N) is 1. The van der Waals surface area contributed by atoms with Gasteiger partial charge in [-0.3, -0.25) is 9.58 Å². The van der Waals surface area contributed by atoms with Crippen LogP contribution in [0, 0.1) is 0 Å². The second-order valence-corrected chi connectivity index (χ2v) is 11.7. The van der Waals surface area contributed by atoms with Crippen LogP contribution in [0.4, 0.5) is 17.6 Å². The van der Waals surface area contributed by atoms with Crippen LogP contribution in [0.5, 0.6) is 0 Å². The SMILES string of the molecule is Nc1cc(N2CCN(CCP(O)O)CC2)nc(NCc2cn(CCCNCCCNC3CCCCC3)nn2)n1. The first-order valence-electron chi connectivity index (χ1n) is 14.4. The van der Waals surface area contributed by atoms with Gasteiger partial charge in [-0.25, -0.2) is 0 Å². The van der Waals surface area contributed by atoms with Crippen molar-refractivity contribution < 1.29 is 9.79 Å². The number of aromatic nitrogens is 5.